The summed E-state index contributed by atoms with van der Waals surface area (Å²) in [5.41, 5.74) is 7.61. The zero-order valence-corrected chi connectivity index (χ0v) is 18.6. The van der Waals surface area contributed by atoms with E-state index < -0.39 is 5.60 Å². The molecule has 0 unspecified atom stereocenters. The van der Waals surface area contributed by atoms with Crippen LogP contribution in [0.2, 0.25) is 0 Å². The van der Waals surface area contributed by atoms with Crippen LogP contribution < -0.4 is 16.0 Å². The van der Waals surface area contributed by atoms with Crippen LogP contribution in [0.4, 0.5) is 16.4 Å². The SMILES string of the molecule is Cc1ncnc(N2CCC(CNC(=O)OC(C)(C)C)CC2)c1C#Cc1ccc(N)nc1. The summed E-state index contributed by atoms with van der Waals surface area (Å²) in [6.07, 6.45) is 4.78. The first kappa shape index (κ1) is 22.3. The van der Waals surface area contributed by atoms with Gasteiger partial charge in [-0.15, -0.1) is 0 Å². The number of piperidine rings is 1. The fraction of sp³-hybridized carbons (Fsp3) is 0.478. The highest BCUT2D eigenvalue weighted by Crippen LogP contribution is 2.25. The molecule has 2 aromatic heterocycles. The van der Waals surface area contributed by atoms with Crippen LogP contribution in [0.15, 0.2) is 24.7 Å². The van der Waals surface area contributed by atoms with Gasteiger partial charge in [-0.1, -0.05) is 11.8 Å². The third-order valence-electron chi connectivity index (χ3n) is 4.98. The highest BCUT2D eigenvalue weighted by molar-refractivity contribution is 5.67. The lowest BCUT2D eigenvalue weighted by molar-refractivity contribution is 0.0517. The Kier molecular flexibility index (Phi) is 6.95. The molecule has 8 nitrogen and oxygen atoms in total. The summed E-state index contributed by atoms with van der Waals surface area (Å²) in [6.45, 7) is 9.82. The minimum absolute atomic E-state index is 0.365. The molecule has 31 heavy (non-hydrogen) atoms. The second kappa shape index (κ2) is 9.65. The highest BCUT2D eigenvalue weighted by atomic mass is 16.6. The van der Waals surface area contributed by atoms with Crippen molar-refractivity contribution in [3.05, 3.63) is 41.5 Å². The van der Waals surface area contributed by atoms with Gasteiger partial charge in [0.25, 0.3) is 0 Å². The number of nitrogen functional groups attached to an aromatic ring is 1. The van der Waals surface area contributed by atoms with Crippen LogP contribution in [-0.2, 0) is 4.74 Å². The number of anilines is 2. The Bertz CT molecular complexity index is 964. The van der Waals surface area contributed by atoms with Crippen molar-refractivity contribution in [1.29, 1.82) is 0 Å². The number of nitrogens with one attached hydrogen (secondary N) is 1. The van der Waals surface area contributed by atoms with E-state index in [0.717, 1.165) is 48.6 Å². The molecule has 0 bridgehead atoms. The number of aromatic nitrogens is 3. The average Bonchev–Trinajstić information content (AvgIpc) is 2.72. The molecule has 0 aromatic carbocycles. The van der Waals surface area contributed by atoms with E-state index in [4.69, 9.17) is 10.5 Å². The van der Waals surface area contributed by atoms with Gasteiger partial charge in [-0.3, -0.25) is 0 Å². The van der Waals surface area contributed by atoms with Gasteiger partial charge in [0.15, 0.2) is 0 Å². The number of amides is 1. The Morgan fingerprint density at radius 3 is 2.61 bits per heavy atom. The van der Waals surface area contributed by atoms with Crippen molar-refractivity contribution < 1.29 is 9.53 Å². The Morgan fingerprint density at radius 1 is 1.23 bits per heavy atom. The highest BCUT2D eigenvalue weighted by Gasteiger charge is 2.24. The van der Waals surface area contributed by atoms with Gasteiger partial charge in [-0.2, -0.15) is 0 Å². The Labute approximate surface area is 183 Å². The summed E-state index contributed by atoms with van der Waals surface area (Å²) in [6, 6.07) is 3.58. The standard InChI is InChI=1S/C23H30N6O2/c1-16-19(7-5-17-6-8-20(24)25-13-17)21(28-15-27-16)29-11-9-18(10-12-29)14-26-22(30)31-23(2,3)4/h6,8,13,15,18H,9-12,14H2,1-4H3,(H2,24,25)(H,26,30). The van der Waals surface area contributed by atoms with Gasteiger partial charge in [0, 0.05) is 31.4 Å². The lowest BCUT2D eigenvalue weighted by Gasteiger charge is -2.33. The smallest absolute Gasteiger partial charge is 0.407 e. The molecule has 3 rings (SSSR count). The van der Waals surface area contributed by atoms with E-state index in [1.54, 1.807) is 18.6 Å². The number of nitrogens with zero attached hydrogens (tertiary/aromatic N) is 4. The van der Waals surface area contributed by atoms with Gasteiger partial charge < -0.3 is 20.7 Å². The molecule has 0 radical (unpaired) electrons. The summed E-state index contributed by atoms with van der Waals surface area (Å²) in [4.78, 5) is 27.0. The van der Waals surface area contributed by atoms with Gasteiger partial charge in [0.2, 0.25) is 0 Å². The molecule has 0 spiro atoms. The number of nitrogens with two attached hydrogens (primary N) is 1. The molecule has 0 aliphatic carbocycles. The van der Waals surface area contributed by atoms with Crippen molar-refractivity contribution in [2.45, 2.75) is 46.1 Å². The van der Waals surface area contributed by atoms with Crippen LogP contribution in [0.3, 0.4) is 0 Å². The van der Waals surface area contributed by atoms with E-state index in [-0.39, 0.29) is 6.09 Å². The fourth-order valence-corrected chi connectivity index (χ4v) is 3.35. The lowest BCUT2D eigenvalue weighted by Crippen LogP contribution is -2.40. The Balaban J connectivity index is 1.63. The third-order valence-corrected chi connectivity index (χ3v) is 4.98. The zero-order valence-electron chi connectivity index (χ0n) is 18.6. The van der Waals surface area contributed by atoms with Crippen LogP contribution >= 0.6 is 0 Å². The van der Waals surface area contributed by atoms with Crippen LogP contribution in [-0.4, -0.2) is 46.3 Å². The van der Waals surface area contributed by atoms with Crippen LogP contribution in [0.1, 0.15) is 50.4 Å². The molecular weight excluding hydrogens is 392 g/mol. The second-order valence-electron chi connectivity index (χ2n) is 8.69. The summed E-state index contributed by atoms with van der Waals surface area (Å²) < 4.78 is 5.31. The first-order valence-electron chi connectivity index (χ1n) is 10.5. The van der Waals surface area contributed by atoms with Crippen molar-refractivity contribution in [2.75, 3.05) is 30.3 Å². The van der Waals surface area contributed by atoms with E-state index in [1.165, 1.54) is 0 Å². The van der Waals surface area contributed by atoms with Crippen molar-refractivity contribution >= 4 is 17.7 Å². The largest absolute Gasteiger partial charge is 0.444 e. The summed E-state index contributed by atoms with van der Waals surface area (Å²) in [5, 5.41) is 2.88. The monoisotopic (exact) mass is 422 g/mol. The second-order valence-corrected chi connectivity index (χ2v) is 8.69. The number of hydrogen-bond donors (Lipinski definition) is 2. The molecule has 1 amide bonds. The predicted molar refractivity (Wildman–Crippen MR) is 121 cm³/mol. The first-order chi connectivity index (χ1) is 14.7. The quantitative estimate of drug-likeness (QED) is 0.733. The molecule has 0 saturated carbocycles. The van der Waals surface area contributed by atoms with E-state index in [0.29, 0.717) is 18.3 Å². The number of hydrogen-bond acceptors (Lipinski definition) is 7. The van der Waals surface area contributed by atoms with Crippen molar-refractivity contribution in [3.8, 4) is 11.8 Å². The molecule has 164 valence electrons. The number of carbonyl (C=O) groups excluding carboxylic acids is 1. The topological polar surface area (TPSA) is 106 Å². The van der Waals surface area contributed by atoms with Crippen LogP contribution in [0.25, 0.3) is 0 Å². The molecule has 1 aliphatic rings. The van der Waals surface area contributed by atoms with E-state index in [2.05, 4.69) is 37.0 Å². The Morgan fingerprint density at radius 2 is 1.97 bits per heavy atom. The minimum Gasteiger partial charge on any atom is -0.444 e. The molecule has 0 atom stereocenters. The number of alkyl carbamates (subject to hydrolysis) is 1. The Hall–Kier alpha value is -3.34. The number of ether oxygens (including phenoxy) is 1. The number of rotatable bonds is 3. The molecule has 1 aliphatic heterocycles. The maximum Gasteiger partial charge on any atom is 0.407 e. The molecule has 1 saturated heterocycles. The molecule has 3 heterocycles. The number of carbonyl (C=O) groups is 1. The lowest BCUT2D eigenvalue weighted by atomic mass is 9.96. The fourth-order valence-electron chi connectivity index (χ4n) is 3.35. The third kappa shape index (κ3) is 6.57. The van der Waals surface area contributed by atoms with Crippen molar-refractivity contribution in [3.63, 3.8) is 0 Å². The minimum atomic E-state index is -0.488. The molecule has 3 N–H and O–H groups in total. The van der Waals surface area contributed by atoms with Crippen LogP contribution in [0.5, 0.6) is 0 Å². The van der Waals surface area contributed by atoms with Gasteiger partial charge >= 0.3 is 6.09 Å². The normalized spacial score (nSPS) is 14.5. The number of pyridine rings is 1. The average molecular weight is 423 g/mol. The molecule has 8 heteroatoms. The summed E-state index contributed by atoms with van der Waals surface area (Å²) in [5.74, 6) is 8.07. The van der Waals surface area contributed by atoms with Gasteiger partial charge in [0.05, 0.1) is 11.3 Å². The van der Waals surface area contributed by atoms with Gasteiger partial charge in [0.1, 0.15) is 23.6 Å². The molecule has 2 aromatic rings. The van der Waals surface area contributed by atoms with Crippen molar-refractivity contribution in [2.24, 2.45) is 5.92 Å². The van der Waals surface area contributed by atoms with E-state index >= 15 is 0 Å². The van der Waals surface area contributed by atoms with Gasteiger partial charge in [-0.25, -0.2) is 19.7 Å². The number of aryl methyl sites for hydroxylation is 1. The van der Waals surface area contributed by atoms with Crippen molar-refractivity contribution in [1.82, 2.24) is 20.3 Å². The maximum atomic E-state index is 11.9. The first-order valence-corrected chi connectivity index (χ1v) is 10.5. The molecule has 1 fully saturated rings. The summed E-state index contributed by atoms with van der Waals surface area (Å²) >= 11 is 0. The van der Waals surface area contributed by atoms with E-state index in [1.807, 2.05) is 33.8 Å². The predicted octanol–water partition coefficient (Wildman–Crippen LogP) is 2.90. The summed E-state index contributed by atoms with van der Waals surface area (Å²) in [7, 11) is 0. The van der Waals surface area contributed by atoms with E-state index in [9.17, 15) is 4.79 Å². The molecular formula is C23H30N6O2. The maximum absolute atomic E-state index is 11.9. The zero-order chi connectivity index (χ0) is 22.4. The van der Waals surface area contributed by atoms with Gasteiger partial charge in [-0.05, 0) is 58.6 Å². The van der Waals surface area contributed by atoms with Crippen LogP contribution in [0, 0.1) is 24.7 Å².